The Morgan fingerprint density at radius 2 is 1.85 bits per heavy atom. The van der Waals surface area contributed by atoms with E-state index < -0.39 is 0 Å². The fourth-order valence-electron chi connectivity index (χ4n) is 5.43. The molecule has 7 nitrogen and oxygen atoms in total. The monoisotopic (exact) mass is 478 g/mol. The van der Waals surface area contributed by atoms with E-state index in [1.165, 1.54) is 4.57 Å². The number of imidazole rings is 1. The van der Waals surface area contributed by atoms with Crippen LogP contribution in [-0.2, 0) is 11.2 Å². The number of ether oxygens (including phenoxy) is 1. The van der Waals surface area contributed by atoms with E-state index in [4.69, 9.17) is 16.3 Å². The van der Waals surface area contributed by atoms with Crippen LogP contribution in [0.15, 0.2) is 47.3 Å². The van der Waals surface area contributed by atoms with E-state index in [0.29, 0.717) is 17.1 Å². The van der Waals surface area contributed by atoms with Crippen LogP contribution in [0.1, 0.15) is 48.4 Å². The maximum atomic E-state index is 13.6. The summed E-state index contributed by atoms with van der Waals surface area (Å²) in [5.74, 6) is 0.0389. The van der Waals surface area contributed by atoms with Crippen molar-refractivity contribution in [1.29, 1.82) is 0 Å². The Bertz CT molecular complexity index is 1440. The van der Waals surface area contributed by atoms with Gasteiger partial charge in [0, 0.05) is 52.9 Å². The van der Waals surface area contributed by atoms with Gasteiger partial charge in [-0.1, -0.05) is 23.7 Å². The highest BCUT2D eigenvalue weighted by Gasteiger charge is 2.36. The molecule has 176 valence electrons. The summed E-state index contributed by atoms with van der Waals surface area (Å²) < 4.78 is 8.71. The van der Waals surface area contributed by atoms with Gasteiger partial charge in [-0.15, -0.1) is 0 Å². The van der Waals surface area contributed by atoms with Crippen LogP contribution in [0.25, 0.3) is 10.9 Å². The second kappa shape index (κ2) is 7.96. The lowest BCUT2D eigenvalue weighted by Crippen LogP contribution is -2.36. The number of halogens is 1. The topological polar surface area (TPSA) is 75.4 Å². The molecule has 4 aromatic rings. The maximum Gasteiger partial charge on any atom is 0.332 e. The first kappa shape index (κ1) is 21.4. The summed E-state index contributed by atoms with van der Waals surface area (Å²) in [6.45, 7) is 7.01. The normalized spacial score (nSPS) is 17.9. The van der Waals surface area contributed by atoms with E-state index >= 15 is 0 Å². The van der Waals surface area contributed by atoms with E-state index in [9.17, 15) is 9.90 Å². The molecule has 2 aliphatic rings. The molecule has 1 atom stereocenters. The van der Waals surface area contributed by atoms with Crippen molar-refractivity contribution in [3.63, 3.8) is 0 Å². The molecule has 0 aliphatic carbocycles. The lowest BCUT2D eigenvalue weighted by atomic mass is 9.92. The molecule has 4 heterocycles. The quantitative estimate of drug-likeness (QED) is 0.402. The van der Waals surface area contributed by atoms with E-state index in [1.54, 1.807) is 4.57 Å². The van der Waals surface area contributed by atoms with Gasteiger partial charge in [-0.25, -0.2) is 4.79 Å². The zero-order valence-corrected chi connectivity index (χ0v) is 20.0. The van der Waals surface area contributed by atoms with Crippen molar-refractivity contribution in [2.45, 2.75) is 32.4 Å². The van der Waals surface area contributed by atoms with Crippen LogP contribution >= 0.6 is 11.6 Å². The van der Waals surface area contributed by atoms with Crippen LogP contribution in [0.3, 0.4) is 0 Å². The molecule has 2 aliphatic heterocycles. The van der Waals surface area contributed by atoms with Gasteiger partial charge in [0.2, 0.25) is 5.88 Å². The summed E-state index contributed by atoms with van der Waals surface area (Å²) >= 11 is 6.33. The van der Waals surface area contributed by atoms with Crippen LogP contribution in [0.2, 0.25) is 5.02 Å². The highest BCUT2D eigenvalue weighted by molar-refractivity contribution is 6.31. The Morgan fingerprint density at radius 1 is 1.12 bits per heavy atom. The molecular weight excluding hydrogens is 452 g/mol. The van der Waals surface area contributed by atoms with Crippen molar-refractivity contribution in [1.82, 2.24) is 14.1 Å². The molecule has 6 rings (SSSR count). The van der Waals surface area contributed by atoms with Crippen molar-refractivity contribution >= 4 is 28.2 Å². The molecule has 1 unspecified atom stereocenters. The SMILES string of the molecule is CC(C)n1c(O)c2n(c1=O)C(c1ccc(N3CCOCC3)cc1)c1[nH]c3ccc(Cl)cc3c1C2. The molecule has 0 radical (unpaired) electrons. The standard InChI is InChI=1S/C26H27ClN4O3/c1-15(2)30-25(32)22-14-20-19-13-17(27)5-8-21(19)28-23(20)24(31(22)26(30)33)16-3-6-18(7-4-16)29-9-11-34-12-10-29/h3-8,13,15,24,28,32H,9-12,14H2,1-2H3. The molecule has 34 heavy (non-hydrogen) atoms. The number of anilines is 1. The van der Waals surface area contributed by atoms with Crippen molar-refractivity contribution in [2.24, 2.45) is 0 Å². The number of H-pyrrole nitrogens is 1. The predicted molar refractivity (Wildman–Crippen MR) is 134 cm³/mol. The van der Waals surface area contributed by atoms with Crippen molar-refractivity contribution in [3.05, 3.63) is 80.5 Å². The lowest BCUT2D eigenvalue weighted by molar-refractivity contribution is 0.122. The zero-order chi connectivity index (χ0) is 23.6. The first-order valence-electron chi connectivity index (χ1n) is 11.7. The number of benzene rings is 2. The summed E-state index contributed by atoms with van der Waals surface area (Å²) in [5, 5.41) is 12.8. The van der Waals surface area contributed by atoms with E-state index in [0.717, 1.165) is 59.7 Å². The number of aromatic amines is 1. The summed E-state index contributed by atoms with van der Waals surface area (Å²) in [6.07, 6.45) is 0.457. The fraction of sp³-hybridized carbons (Fsp3) is 0.346. The second-order valence-electron chi connectivity index (χ2n) is 9.36. The smallest absolute Gasteiger partial charge is 0.332 e. The average Bonchev–Trinajstić information content (AvgIpc) is 3.32. The van der Waals surface area contributed by atoms with Gasteiger partial charge in [-0.05, 0) is 55.3 Å². The molecule has 8 heteroatoms. The van der Waals surface area contributed by atoms with Gasteiger partial charge < -0.3 is 19.7 Å². The van der Waals surface area contributed by atoms with Gasteiger partial charge in [-0.2, -0.15) is 0 Å². The van der Waals surface area contributed by atoms with Gasteiger partial charge in [0.25, 0.3) is 0 Å². The second-order valence-corrected chi connectivity index (χ2v) is 9.80. The lowest BCUT2D eigenvalue weighted by Gasteiger charge is -2.30. The first-order valence-corrected chi connectivity index (χ1v) is 12.1. The molecule has 0 saturated carbocycles. The Hall–Kier alpha value is -3.16. The number of rotatable bonds is 3. The summed E-state index contributed by atoms with van der Waals surface area (Å²) in [7, 11) is 0. The molecule has 0 amide bonds. The Labute approximate surface area is 202 Å². The summed E-state index contributed by atoms with van der Waals surface area (Å²) in [6, 6.07) is 13.6. The highest BCUT2D eigenvalue weighted by Crippen LogP contribution is 2.42. The number of fused-ring (bicyclic) bond motifs is 4. The zero-order valence-electron chi connectivity index (χ0n) is 19.2. The number of hydrogen-bond donors (Lipinski definition) is 2. The Morgan fingerprint density at radius 3 is 2.56 bits per heavy atom. The minimum atomic E-state index is -0.373. The van der Waals surface area contributed by atoms with Gasteiger partial charge in [-0.3, -0.25) is 9.13 Å². The maximum absolute atomic E-state index is 13.6. The van der Waals surface area contributed by atoms with Gasteiger partial charge in [0.1, 0.15) is 6.04 Å². The summed E-state index contributed by atoms with van der Waals surface area (Å²) in [4.78, 5) is 19.4. The fourth-order valence-corrected chi connectivity index (χ4v) is 5.60. The molecule has 1 fully saturated rings. The third kappa shape index (κ3) is 3.18. The van der Waals surface area contributed by atoms with Crippen molar-refractivity contribution in [2.75, 3.05) is 31.2 Å². The van der Waals surface area contributed by atoms with Crippen LogP contribution in [0, 0.1) is 0 Å². The van der Waals surface area contributed by atoms with E-state index in [1.807, 2.05) is 32.0 Å². The number of morpholine rings is 1. The van der Waals surface area contributed by atoms with Crippen molar-refractivity contribution < 1.29 is 9.84 Å². The largest absolute Gasteiger partial charge is 0.493 e. The number of aromatic nitrogens is 3. The van der Waals surface area contributed by atoms with Crippen LogP contribution in [-0.4, -0.2) is 45.5 Å². The molecule has 0 bridgehead atoms. The number of nitrogens with one attached hydrogen (secondary N) is 1. The van der Waals surface area contributed by atoms with Gasteiger partial charge >= 0.3 is 5.69 Å². The number of hydrogen-bond acceptors (Lipinski definition) is 4. The summed E-state index contributed by atoms with van der Waals surface area (Å²) in [5.41, 5.74) is 5.56. The predicted octanol–water partition coefficient (Wildman–Crippen LogP) is 4.45. The van der Waals surface area contributed by atoms with E-state index in [-0.39, 0.29) is 23.7 Å². The highest BCUT2D eigenvalue weighted by atomic mass is 35.5. The number of aromatic hydroxyl groups is 1. The molecular formula is C26H27ClN4O3. The van der Waals surface area contributed by atoms with E-state index in [2.05, 4.69) is 34.1 Å². The van der Waals surface area contributed by atoms with Gasteiger partial charge in [0.15, 0.2) is 0 Å². The number of nitrogens with zero attached hydrogens (tertiary/aromatic N) is 3. The van der Waals surface area contributed by atoms with Crippen LogP contribution < -0.4 is 10.6 Å². The molecule has 2 aromatic heterocycles. The molecule has 2 aromatic carbocycles. The average molecular weight is 479 g/mol. The Kier molecular flexibility index (Phi) is 5.00. The molecule has 2 N–H and O–H groups in total. The Balaban J connectivity index is 1.54. The first-order chi connectivity index (χ1) is 16.4. The molecule has 0 spiro atoms. The third-order valence-corrected chi connectivity index (χ3v) is 7.30. The third-order valence-electron chi connectivity index (χ3n) is 7.07. The van der Waals surface area contributed by atoms with Crippen LogP contribution in [0.5, 0.6) is 5.88 Å². The van der Waals surface area contributed by atoms with Gasteiger partial charge in [0.05, 0.1) is 18.9 Å². The van der Waals surface area contributed by atoms with Crippen LogP contribution in [0.4, 0.5) is 5.69 Å². The molecule has 1 saturated heterocycles. The van der Waals surface area contributed by atoms with Crippen molar-refractivity contribution in [3.8, 4) is 5.88 Å². The minimum absolute atomic E-state index is 0.0389. The minimum Gasteiger partial charge on any atom is -0.493 e.